The van der Waals surface area contributed by atoms with Crippen molar-refractivity contribution in [3.05, 3.63) is 53.3 Å². The third-order valence-electron chi connectivity index (χ3n) is 2.55. The van der Waals surface area contributed by atoms with E-state index in [1.807, 2.05) is 18.2 Å². The number of aromatic nitrogens is 4. The van der Waals surface area contributed by atoms with Crippen LogP contribution in [0.15, 0.2) is 47.8 Å². The van der Waals surface area contributed by atoms with E-state index < -0.39 is 0 Å². The SMILES string of the molecule is O=c1[nH]ncc2nccc(-c3ccncc3)c12. The Kier molecular flexibility index (Phi) is 2.15. The molecule has 3 aromatic heterocycles. The van der Waals surface area contributed by atoms with Crippen molar-refractivity contribution in [1.82, 2.24) is 20.2 Å². The third kappa shape index (κ3) is 1.57. The second kappa shape index (κ2) is 3.79. The zero-order valence-corrected chi connectivity index (χ0v) is 8.79. The minimum absolute atomic E-state index is 0.234. The van der Waals surface area contributed by atoms with Gasteiger partial charge >= 0.3 is 0 Å². The summed E-state index contributed by atoms with van der Waals surface area (Å²) in [6.07, 6.45) is 6.59. The van der Waals surface area contributed by atoms with Crippen molar-refractivity contribution < 1.29 is 0 Å². The van der Waals surface area contributed by atoms with Crippen molar-refractivity contribution in [2.24, 2.45) is 0 Å². The van der Waals surface area contributed by atoms with E-state index in [2.05, 4.69) is 20.2 Å². The molecule has 3 aromatic rings. The van der Waals surface area contributed by atoms with Crippen LogP contribution in [0.2, 0.25) is 0 Å². The van der Waals surface area contributed by atoms with Gasteiger partial charge in [0.2, 0.25) is 0 Å². The molecule has 5 nitrogen and oxygen atoms in total. The van der Waals surface area contributed by atoms with Crippen LogP contribution in [0.3, 0.4) is 0 Å². The van der Waals surface area contributed by atoms with Crippen LogP contribution in [-0.4, -0.2) is 20.2 Å². The first-order chi connectivity index (χ1) is 8.36. The number of hydrogen-bond donors (Lipinski definition) is 1. The number of hydrogen-bond acceptors (Lipinski definition) is 4. The quantitative estimate of drug-likeness (QED) is 0.677. The number of nitrogens with zero attached hydrogens (tertiary/aromatic N) is 3. The molecule has 0 aliphatic heterocycles. The Labute approximate surface area is 96.2 Å². The first kappa shape index (κ1) is 9.65. The minimum Gasteiger partial charge on any atom is -0.267 e. The largest absolute Gasteiger partial charge is 0.274 e. The van der Waals surface area contributed by atoms with E-state index in [4.69, 9.17) is 0 Å². The van der Waals surface area contributed by atoms with E-state index in [9.17, 15) is 4.79 Å². The molecule has 0 atom stereocenters. The lowest BCUT2D eigenvalue weighted by atomic mass is 10.0. The number of aromatic amines is 1. The maximum atomic E-state index is 11.8. The van der Waals surface area contributed by atoms with Gasteiger partial charge in [-0.05, 0) is 29.3 Å². The fourth-order valence-electron chi connectivity index (χ4n) is 1.79. The average Bonchev–Trinajstić information content (AvgIpc) is 2.39. The molecule has 82 valence electrons. The Morgan fingerprint density at radius 3 is 2.71 bits per heavy atom. The zero-order chi connectivity index (χ0) is 11.7. The van der Waals surface area contributed by atoms with Crippen LogP contribution >= 0.6 is 0 Å². The van der Waals surface area contributed by atoms with Crippen LogP contribution in [0, 0.1) is 0 Å². The van der Waals surface area contributed by atoms with Crippen LogP contribution in [-0.2, 0) is 0 Å². The fraction of sp³-hybridized carbons (Fsp3) is 0. The van der Waals surface area contributed by atoms with Crippen molar-refractivity contribution in [3.8, 4) is 11.1 Å². The molecule has 0 unspecified atom stereocenters. The van der Waals surface area contributed by atoms with Gasteiger partial charge in [0.25, 0.3) is 5.56 Å². The summed E-state index contributed by atoms with van der Waals surface area (Å²) in [6.45, 7) is 0. The smallest absolute Gasteiger partial charge is 0.267 e. The standard InChI is InChI=1S/C12H8N4O/c17-12-11-9(8-1-4-13-5-2-8)3-6-14-10(11)7-15-16-12/h1-7H,(H,16,17). The summed E-state index contributed by atoms with van der Waals surface area (Å²) in [6, 6.07) is 5.52. The number of pyridine rings is 2. The Morgan fingerprint density at radius 2 is 1.88 bits per heavy atom. The molecule has 0 amide bonds. The molecule has 5 heteroatoms. The van der Waals surface area contributed by atoms with E-state index in [0.29, 0.717) is 10.9 Å². The van der Waals surface area contributed by atoms with Gasteiger partial charge in [0.05, 0.1) is 17.1 Å². The van der Waals surface area contributed by atoms with Gasteiger partial charge in [0.15, 0.2) is 0 Å². The average molecular weight is 224 g/mol. The highest BCUT2D eigenvalue weighted by atomic mass is 16.1. The van der Waals surface area contributed by atoms with E-state index in [1.165, 1.54) is 0 Å². The topological polar surface area (TPSA) is 71.5 Å². The first-order valence-corrected chi connectivity index (χ1v) is 5.09. The summed E-state index contributed by atoms with van der Waals surface area (Å²) in [5.41, 5.74) is 2.12. The van der Waals surface area contributed by atoms with Crippen molar-refractivity contribution in [2.45, 2.75) is 0 Å². The number of rotatable bonds is 1. The maximum absolute atomic E-state index is 11.8. The lowest BCUT2D eigenvalue weighted by molar-refractivity contribution is 1.01. The summed E-state index contributed by atoms with van der Waals surface area (Å²) in [7, 11) is 0. The van der Waals surface area contributed by atoms with Gasteiger partial charge < -0.3 is 0 Å². The third-order valence-corrected chi connectivity index (χ3v) is 2.55. The van der Waals surface area contributed by atoms with Gasteiger partial charge in [-0.25, -0.2) is 5.10 Å². The lowest BCUT2D eigenvalue weighted by Gasteiger charge is -2.03. The van der Waals surface area contributed by atoms with Gasteiger partial charge in [-0.3, -0.25) is 14.8 Å². The maximum Gasteiger partial charge on any atom is 0.274 e. The second-order valence-corrected chi connectivity index (χ2v) is 3.55. The van der Waals surface area contributed by atoms with E-state index in [-0.39, 0.29) is 5.56 Å². The van der Waals surface area contributed by atoms with E-state index in [0.717, 1.165) is 11.1 Å². The summed E-state index contributed by atoms with van der Waals surface area (Å²) < 4.78 is 0. The molecule has 1 N–H and O–H groups in total. The lowest BCUT2D eigenvalue weighted by Crippen LogP contribution is -2.09. The highest BCUT2D eigenvalue weighted by Gasteiger charge is 2.07. The summed E-state index contributed by atoms with van der Waals surface area (Å²) in [4.78, 5) is 19.9. The van der Waals surface area contributed by atoms with Gasteiger partial charge in [-0.15, -0.1) is 0 Å². The molecule has 0 spiro atoms. The molecular weight excluding hydrogens is 216 g/mol. The van der Waals surface area contributed by atoms with Crippen LogP contribution in [0.5, 0.6) is 0 Å². The van der Waals surface area contributed by atoms with Crippen molar-refractivity contribution in [3.63, 3.8) is 0 Å². The van der Waals surface area contributed by atoms with Gasteiger partial charge in [-0.1, -0.05) is 0 Å². The molecule has 3 rings (SSSR count). The van der Waals surface area contributed by atoms with Crippen LogP contribution in [0.4, 0.5) is 0 Å². The van der Waals surface area contributed by atoms with Crippen molar-refractivity contribution in [1.29, 1.82) is 0 Å². The Hall–Kier alpha value is -2.56. The Bertz CT molecular complexity index is 716. The van der Waals surface area contributed by atoms with Crippen LogP contribution < -0.4 is 5.56 Å². The minimum atomic E-state index is -0.234. The number of H-pyrrole nitrogens is 1. The van der Waals surface area contributed by atoms with Crippen molar-refractivity contribution in [2.75, 3.05) is 0 Å². The first-order valence-electron chi connectivity index (χ1n) is 5.09. The predicted octanol–water partition coefficient (Wildman–Crippen LogP) is 1.38. The summed E-state index contributed by atoms with van der Waals surface area (Å²) in [5, 5.41) is 6.71. The zero-order valence-electron chi connectivity index (χ0n) is 8.79. The van der Waals surface area contributed by atoms with E-state index >= 15 is 0 Å². The van der Waals surface area contributed by atoms with Gasteiger partial charge in [-0.2, -0.15) is 5.10 Å². The van der Waals surface area contributed by atoms with E-state index in [1.54, 1.807) is 24.8 Å². The fourth-order valence-corrected chi connectivity index (χ4v) is 1.79. The monoisotopic (exact) mass is 224 g/mol. The molecule has 3 heterocycles. The molecule has 0 aromatic carbocycles. The van der Waals surface area contributed by atoms with Gasteiger partial charge in [0.1, 0.15) is 0 Å². The van der Waals surface area contributed by atoms with Crippen LogP contribution in [0.1, 0.15) is 0 Å². The molecule has 0 aliphatic carbocycles. The van der Waals surface area contributed by atoms with Gasteiger partial charge in [0, 0.05) is 18.6 Å². The highest BCUT2D eigenvalue weighted by molar-refractivity contribution is 5.92. The molecule has 0 fully saturated rings. The molecule has 0 bridgehead atoms. The Balaban J connectivity index is 2.42. The summed E-state index contributed by atoms with van der Waals surface area (Å²) >= 11 is 0. The number of fused-ring (bicyclic) bond motifs is 1. The van der Waals surface area contributed by atoms with Crippen molar-refractivity contribution >= 4 is 10.9 Å². The highest BCUT2D eigenvalue weighted by Crippen LogP contribution is 2.23. The normalized spacial score (nSPS) is 10.6. The molecule has 17 heavy (non-hydrogen) atoms. The predicted molar refractivity (Wildman–Crippen MR) is 63.4 cm³/mol. The second-order valence-electron chi connectivity index (χ2n) is 3.55. The molecule has 0 saturated heterocycles. The molecule has 0 saturated carbocycles. The molecular formula is C12H8N4O. The molecule has 0 aliphatic rings. The molecule has 0 radical (unpaired) electrons. The van der Waals surface area contributed by atoms with Crippen LogP contribution in [0.25, 0.3) is 22.0 Å². The summed E-state index contributed by atoms with van der Waals surface area (Å²) in [5.74, 6) is 0. The number of nitrogens with one attached hydrogen (secondary N) is 1. The Morgan fingerprint density at radius 1 is 1.06 bits per heavy atom.